The van der Waals surface area contributed by atoms with Crippen LogP contribution in [0.1, 0.15) is 34.6 Å². The molecule has 0 fully saturated rings. The van der Waals surface area contributed by atoms with Crippen molar-refractivity contribution in [3.8, 4) is 0 Å². The number of ether oxygens (including phenoxy) is 2. The fourth-order valence-electron chi connectivity index (χ4n) is 0.967. The van der Waals surface area contributed by atoms with E-state index in [4.69, 9.17) is 9.47 Å². The molecule has 0 aliphatic heterocycles. The van der Waals surface area contributed by atoms with E-state index in [9.17, 15) is 4.79 Å². The number of alkyl carbamates (subject to hydrolysis) is 1. The second-order valence-corrected chi connectivity index (χ2v) is 5.44. The van der Waals surface area contributed by atoms with Gasteiger partial charge in [0.2, 0.25) is 5.90 Å². The molecule has 1 atom stereocenters. The standard InChI is InChI=1S/C11H22N2O3S/c1-7-17-13-9(15-6)8(2)12-10(14)16-11(3,4)5/h8H,7H2,1-6H3,(H,12,14)/t8-/m1/s1. The highest BCUT2D eigenvalue weighted by Crippen LogP contribution is 2.08. The van der Waals surface area contributed by atoms with Crippen LogP contribution < -0.4 is 5.32 Å². The summed E-state index contributed by atoms with van der Waals surface area (Å²) in [5, 5.41) is 2.67. The number of rotatable bonds is 4. The summed E-state index contributed by atoms with van der Waals surface area (Å²) in [6, 6.07) is -0.311. The van der Waals surface area contributed by atoms with Crippen LogP contribution in [0.4, 0.5) is 4.79 Å². The molecule has 0 spiro atoms. The zero-order valence-corrected chi connectivity index (χ0v) is 12.2. The molecular formula is C11H22N2O3S. The van der Waals surface area contributed by atoms with E-state index in [2.05, 4.69) is 9.71 Å². The van der Waals surface area contributed by atoms with Gasteiger partial charge in [-0.3, -0.25) is 0 Å². The Morgan fingerprint density at radius 3 is 2.47 bits per heavy atom. The number of nitrogens with zero attached hydrogens (tertiary/aromatic N) is 1. The fourth-order valence-corrected chi connectivity index (χ4v) is 1.46. The minimum atomic E-state index is -0.508. The van der Waals surface area contributed by atoms with Gasteiger partial charge in [-0.05, 0) is 39.6 Å². The molecular weight excluding hydrogens is 240 g/mol. The van der Waals surface area contributed by atoms with Gasteiger partial charge in [0.15, 0.2) is 0 Å². The van der Waals surface area contributed by atoms with Crippen LogP contribution >= 0.6 is 11.9 Å². The number of hydrogen-bond acceptors (Lipinski definition) is 5. The van der Waals surface area contributed by atoms with E-state index >= 15 is 0 Å². The maximum Gasteiger partial charge on any atom is 0.408 e. The first kappa shape index (κ1) is 16.1. The van der Waals surface area contributed by atoms with Crippen molar-refractivity contribution < 1.29 is 14.3 Å². The van der Waals surface area contributed by atoms with E-state index in [0.717, 1.165) is 5.75 Å². The summed E-state index contributed by atoms with van der Waals surface area (Å²) in [6.45, 7) is 9.23. The first-order valence-electron chi connectivity index (χ1n) is 5.53. The van der Waals surface area contributed by atoms with Crippen molar-refractivity contribution in [3.63, 3.8) is 0 Å². The quantitative estimate of drug-likeness (QED) is 0.480. The number of hydrogen-bond donors (Lipinski definition) is 1. The normalized spacial score (nSPS) is 14.1. The average molecular weight is 262 g/mol. The zero-order chi connectivity index (χ0) is 13.5. The Morgan fingerprint density at radius 2 is 2.06 bits per heavy atom. The fraction of sp³-hybridized carbons (Fsp3) is 0.818. The zero-order valence-electron chi connectivity index (χ0n) is 11.4. The van der Waals surface area contributed by atoms with Gasteiger partial charge in [0.05, 0.1) is 7.11 Å². The van der Waals surface area contributed by atoms with Crippen molar-refractivity contribution in [3.05, 3.63) is 0 Å². The number of nitrogens with one attached hydrogen (secondary N) is 1. The molecule has 0 aliphatic carbocycles. The molecule has 0 radical (unpaired) electrons. The Bertz CT molecular complexity index is 274. The lowest BCUT2D eigenvalue weighted by atomic mass is 10.2. The van der Waals surface area contributed by atoms with E-state index in [1.54, 1.807) is 6.92 Å². The topological polar surface area (TPSA) is 59.9 Å². The van der Waals surface area contributed by atoms with E-state index < -0.39 is 11.7 Å². The molecule has 17 heavy (non-hydrogen) atoms. The third-order valence-electron chi connectivity index (χ3n) is 1.60. The first-order chi connectivity index (χ1) is 7.80. The molecule has 0 rings (SSSR count). The average Bonchev–Trinajstić information content (AvgIpc) is 2.15. The Kier molecular flexibility index (Phi) is 7.03. The molecule has 0 aromatic rings. The van der Waals surface area contributed by atoms with Crippen LogP contribution in [-0.2, 0) is 9.47 Å². The molecule has 0 saturated heterocycles. The summed E-state index contributed by atoms with van der Waals surface area (Å²) in [5.74, 6) is 1.33. The molecule has 0 saturated carbocycles. The van der Waals surface area contributed by atoms with Gasteiger partial charge in [-0.1, -0.05) is 6.92 Å². The van der Waals surface area contributed by atoms with Gasteiger partial charge in [-0.25, -0.2) is 4.79 Å². The Hall–Kier alpha value is -0.910. The molecule has 0 aromatic heterocycles. The molecule has 1 amide bonds. The number of methoxy groups -OCH3 is 1. The Labute approximate surface area is 107 Å². The van der Waals surface area contributed by atoms with Gasteiger partial charge < -0.3 is 14.8 Å². The van der Waals surface area contributed by atoms with E-state index in [-0.39, 0.29) is 6.04 Å². The van der Waals surface area contributed by atoms with E-state index in [1.807, 2.05) is 27.7 Å². The van der Waals surface area contributed by atoms with Crippen LogP contribution in [-0.4, -0.2) is 36.5 Å². The molecule has 0 bridgehead atoms. The minimum Gasteiger partial charge on any atom is -0.482 e. The van der Waals surface area contributed by atoms with Gasteiger partial charge in [-0.15, -0.1) is 0 Å². The molecule has 0 aliphatic rings. The van der Waals surface area contributed by atoms with Crippen LogP contribution in [0.25, 0.3) is 0 Å². The monoisotopic (exact) mass is 262 g/mol. The van der Waals surface area contributed by atoms with Crippen LogP contribution in [0.5, 0.6) is 0 Å². The van der Waals surface area contributed by atoms with Crippen molar-refractivity contribution in [2.75, 3.05) is 12.9 Å². The van der Waals surface area contributed by atoms with Gasteiger partial charge >= 0.3 is 6.09 Å². The van der Waals surface area contributed by atoms with Gasteiger partial charge in [0, 0.05) is 5.75 Å². The first-order valence-corrected chi connectivity index (χ1v) is 6.47. The molecule has 5 nitrogen and oxygen atoms in total. The summed E-state index contributed by atoms with van der Waals surface area (Å²) < 4.78 is 14.4. The summed E-state index contributed by atoms with van der Waals surface area (Å²) in [4.78, 5) is 11.5. The lowest BCUT2D eigenvalue weighted by Crippen LogP contribution is -2.42. The predicted octanol–water partition coefficient (Wildman–Crippen LogP) is 2.61. The summed E-state index contributed by atoms with van der Waals surface area (Å²) in [7, 11) is 1.53. The number of carbonyl (C=O) groups is 1. The van der Waals surface area contributed by atoms with Crippen LogP contribution in [0, 0.1) is 0 Å². The van der Waals surface area contributed by atoms with E-state index in [0.29, 0.717) is 5.90 Å². The highest BCUT2D eigenvalue weighted by atomic mass is 32.2. The van der Waals surface area contributed by atoms with E-state index in [1.165, 1.54) is 19.1 Å². The molecule has 0 unspecified atom stereocenters. The van der Waals surface area contributed by atoms with Crippen molar-refractivity contribution in [1.29, 1.82) is 0 Å². The minimum absolute atomic E-state index is 0.311. The van der Waals surface area contributed by atoms with Crippen molar-refractivity contribution in [2.24, 2.45) is 4.40 Å². The third-order valence-corrected chi connectivity index (χ3v) is 2.16. The molecule has 0 heterocycles. The summed E-state index contributed by atoms with van der Waals surface area (Å²) in [6.07, 6.45) is -0.476. The lowest BCUT2D eigenvalue weighted by molar-refractivity contribution is 0.0517. The Morgan fingerprint density at radius 1 is 1.47 bits per heavy atom. The van der Waals surface area contributed by atoms with Crippen molar-refractivity contribution in [2.45, 2.75) is 46.3 Å². The van der Waals surface area contributed by atoms with Crippen molar-refractivity contribution >= 4 is 23.9 Å². The highest BCUT2D eigenvalue weighted by Gasteiger charge is 2.20. The maximum absolute atomic E-state index is 11.5. The van der Waals surface area contributed by atoms with Gasteiger partial charge in [-0.2, -0.15) is 4.40 Å². The summed E-state index contributed by atoms with van der Waals surface area (Å²) in [5.41, 5.74) is -0.508. The molecule has 1 N–H and O–H groups in total. The lowest BCUT2D eigenvalue weighted by Gasteiger charge is -2.22. The second-order valence-electron chi connectivity index (χ2n) is 4.42. The smallest absolute Gasteiger partial charge is 0.408 e. The summed E-state index contributed by atoms with van der Waals surface area (Å²) >= 11 is 1.38. The van der Waals surface area contributed by atoms with Gasteiger partial charge in [0.1, 0.15) is 11.6 Å². The molecule has 0 aromatic carbocycles. The maximum atomic E-state index is 11.5. The van der Waals surface area contributed by atoms with Crippen LogP contribution in [0.15, 0.2) is 4.40 Å². The second kappa shape index (κ2) is 7.42. The van der Waals surface area contributed by atoms with Crippen LogP contribution in [0.3, 0.4) is 0 Å². The molecule has 100 valence electrons. The molecule has 6 heteroatoms. The number of amides is 1. The predicted molar refractivity (Wildman–Crippen MR) is 71.4 cm³/mol. The van der Waals surface area contributed by atoms with Crippen LogP contribution in [0.2, 0.25) is 0 Å². The SMILES string of the molecule is CCSN=C(OC)[C@@H](C)NC(=O)OC(C)(C)C. The largest absolute Gasteiger partial charge is 0.482 e. The van der Waals surface area contributed by atoms with Gasteiger partial charge in [0.25, 0.3) is 0 Å². The Balaban J connectivity index is 4.31. The van der Waals surface area contributed by atoms with Crippen molar-refractivity contribution in [1.82, 2.24) is 5.32 Å². The number of carbonyl (C=O) groups excluding carboxylic acids is 1. The highest BCUT2D eigenvalue weighted by molar-refractivity contribution is 7.98. The third kappa shape index (κ3) is 7.90.